The fraction of sp³-hybridized carbons (Fsp3) is 0.727. The molecule has 2 atom stereocenters. The van der Waals surface area contributed by atoms with Gasteiger partial charge in [0, 0.05) is 26.0 Å². The molecule has 0 radical (unpaired) electrons. The Labute approximate surface area is 89.9 Å². The molecule has 1 aromatic rings. The second kappa shape index (κ2) is 4.33. The van der Waals surface area contributed by atoms with Gasteiger partial charge in [-0.3, -0.25) is 0 Å². The average Bonchev–Trinajstić information content (AvgIpc) is 2.97. The van der Waals surface area contributed by atoms with Crippen LogP contribution in [0.4, 0.5) is 0 Å². The van der Waals surface area contributed by atoms with Crippen molar-refractivity contribution in [3.63, 3.8) is 0 Å². The highest BCUT2D eigenvalue weighted by Crippen LogP contribution is 2.39. The molecule has 1 N–H and O–H groups in total. The van der Waals surface area contributed by atoms with Gasteiger partial charge < -0.3 is 14.4 Å². The van der Waals surface area contributed by atoms with Gasteiger partial charge >= 0.3 is 0 Å². The minimum Gasteiger partial charge on any atom is -0.382 e. The number of rotatable bonds is 5. The third-order valence-corrected chi connectivity index (χ3v) is 2.88. The lowest BCUT2D eigenvalue weighted by Gasteiger charge is -2.22. The predicted molar refractivity (Wildman–Crippen MR) is 56.3 cm³/mol. The number of aryl methyl sites for hydroxylation is 1. The highest BCUT2D eigenvalue weighted by atomic mass is 16.5. The molecular weight excluding hydrogens is 192 g/mol. The van der Waals surface area contributed by atoms with Crippen LogP contribution in [0.3, 0.4) is 0 Å². The Morgan fingerprint density at radius 3 is 2.87 bits per heavy atom. The van der Waals surface area contributed by atoms with Gasteiger partial charge in [-0.25, -0.2) is 4.98 Å². The van der Waals surface area contributed by atoms with Gasteiger partial charge in [-0.2, -0.15) is 0 Å². The summed E-state index contributed by atoms with van der Waals surface area (Å²) in [7, 11) is 1.89. The maximum Gasteiger partial charge on any atom is 0.140 e. The molecular formula is C11H18N2O2. The molecule has 84 valence electrons. The summed E-state index contributed by atoms with van der Waals surface area (Å²) in [6.07, 6.45) is 5.18. The normalized spacial score (nSPS) is 20.2. The molecule has 4 nitrogen and oxygen atoms in total. The molecule has 2 rings (SSSR count). The first-order valence-corrected chi connectivity index (χ1v) is 5.51. The third-order valence-electron chi connectivity index (χ3n) is 2.88. The fourth-order valence-electron chi connectivity index (χ4n) is 1.91. The molecule has 1 saturated carbocycles. The molecule has 0 aromatic carbocycles. The van der Waals surface area contributed by atoms with Crippen LogP contribution in [-0.2, 0) is 11.8 Å². The maximum atomic E-state index is 10.2. The molecule has 1 aromatic heterocycles. The summed E-state index contributed by atoms with van der Waals surface area (Å²) in [5.74, 6) is 1.21. The van der Waals surface area contributed by atoms with Crippen molar-refractivity contribution in [3.05, 3.63) is 18.2 Å². The summed E-state index contributed by atoms with van der Waals surface area (Å²) in [6, 6.07) is 0. The Bertz CT molecular complexity index is 320. The Balaban J connectivity index is 2.10. The van der Waals surface area contributed by atoms with Crippen molar-refractivity contribution in [1.29, 1.82) is 0 Å². The number of hydrogen-bond donors (Lipinski definition) is 1. The molecule has 0 spiro atoms. The van der Waals surface area contributed by atoms with Crippen molar-refractivity contribution in [2.75, 3.05) is 6.61 Å². The molecule has 0 saturated heterocycles. The summed E-state index contributed by atoms with van der Waals surface area (Å²) >= 11 is 0. The first-order chi connectivity index (χ1) is 7.24. The summed E-state index contributed by atoms with van der Waals surface area (Å²) in [6.45, 7) is 2.60. The summed E-state index contributed by atoms with van der Waals surface area (Å²) < 4.78 is 7.45. The maximum absolute atomic E-state index is 10.2. The number of ether oxygens (including phenoxy) is 1. The number of aliphatic hydroxyl groups excluding tert-OH is 1. The molecule has 0 bridgehead atoms. The lowest BCUT2D eigenvalue weighted by molar-refractivity contribution is -0.0507. The fourth-order valence-corrected chi connectivity index (χ4v) is 1.91. The van der Waals surface area contributed by atoms with E-state index in [0.717, 1.165) is 12.8 Å². The van der Waals surface area contributed by atoms with Crippen LogP contribution in [0.5, 0.6) is 0 Å². The topological polar surface area (TPSA) is 47.3 Å². The van der Waals surface area contributed by atoms with Gasteiger partial charge in [0.2, 0.25) is 0 Å². The van der Waals surface area contributed by atoms with E-state index in [2.05, 4.69) is 4.98 Å². The van der Waals surface area contributed by atoms with Crippen LogP contribution >= 0.6 is 0 Å². The molecule has 1 aliphatic rings. The van der Waals surface area contributed by atoms with E-state index in [1.807, 2.05) is 24.7 Å². The van der Waals surface area contributed by atoms with Crippen LogP contribution in [0.25, 0.3) is 0 Å². The molecule has 1 aliphatic carbocycles. The Hall–Kier alpha value is -0.870. The van der Waals surface area contributed by atoms with Gasteiger partial charge in [-0.05, 0) is 25.7 Å². The average molecular weight is 210 g/mol. The van der Waals surface area contributed by atoms with Crippen LogP contribution in [0, 0.1) is 5.92 Å². The molecule has 1 fully saturated rings. The van der Waals surface area contributed by atoms with Crippen LogP contribution in [0.2, 0.25) is 0 Å². The van der Waals surface area contributed by atoms with Gasteiger partial charge in [-0.15, -0.1) is 0 Å². The predicted octanol–water partition coefficient (Wildman–Crippen LogP) is 1.27. The highest BCUT2D eigenvalue weighted by Gasteiger charge is 2.38. The van der Waals surface area contributed by atoms with Crippen molar-refractivity contribution < 1.29 is 9.84 Å². The van der Waals surface area contributed by atoms with Gasteiger partial charge in [0.25, 0.3) is 0 Å². The van der Waals surface area contributed by atoms with E-state index in [9.17, 15) is 5.11 Å². The lowest BCUT2D eigenvalue weighted by atomic mass is 10.1. The van der Waals surface area contributed by atoms with E-state index in [0.29, 0.717) is 18.3 Å². The van der Waals surface area contributed by atoms with E-state index in [1.165, 1.54) is 0 Å². The standard InChI is InChI=1S/C11H18N2O2/c1-3-15-10(8-4-5-8)9(14)11-12-6-7-13(11)2/h6-10,14H,3-5H2,1-2H3. The molecule has 1 heterocycles. The Morgan fingerprint density at radius 2 is 2.40 bits per heavy atom. The van der Waals surface area contributed by atoms with Crippen LogP contribution in [-0.4, -0.2) is 27.4 Å². The van der Waals surface area contributed by atoms with Crippen LogP contribution in [0.1, 0.15) is 31.7 Å². The molecule has 15 heavy (non-hydrogen) atoms. The largest absolute Gasteiger partial charge is 0.382 e. The SMILES string of the molecule is CCOC(C1CC1)C(O)c1nccn1C. The Morgan fingerprint density at radius 1 is 1.67 bits per heavy atom. The Kier molecular flexibility index (Phi) is 3.07. The van der Waals surface area contributed by atoms with Gasteiger partial charge in [0.05, 0.1) is 6.10 Å². The smallest absolute Gasteiger partial charge is 0.140 e. The van der Waals surface area contributed by atoms with E-state index < -0.39 is 6.10 Å². The second-order valence-corrected chi connectivity index (χ2v) is 4.10. The minimum atomic E-state index is -0.600. The van der Waals surface area contributed by atoms with Crippen molar-refractivity contribution >= 4 is 0 Å². The van der Waals surface area contributed by atoms with Crippen molar-refractivity contribution in [1.82, 2.24) is 9.55 Å². The summed E-state index contributed by atoms with van der Waals surface area (Å²) in [5, 5.41) is 10.2. The van der Waals surface area contributed by atoms with Gasteiger partial charge in [0.1, 0.15) is 11.9 Å². The van der Waals surface area contributed by atoms with Crippen molar-refractivity contribution in [2.24, 2.45) is 13.0 Å². The first-order valence-electron chi connectivity index (χ1n) is 5.51. The zero-order valence-corrected chi connectivity index (χ0v) is 9.26. The quantitative estimate of drug-likeness (QED) is 0.796. The van der Waals surface area contributed by atoms with Crippen molar-refractivity contribution in [2.45, 2.75) is 32.0 Å². The molecule has 0 aliphatic heterocycles. The van der Waals surface area contributed by atoms with Crippen molar-refractivity contribution in [3.8, 4) is 0 Å². The van der Waals surface area contributed by atoms with E-state index >= 15 is 0 Å². The van der Waals surface area contributed by atoms with E-state index in [-0.39, 0.29) is 6.10 Å². The number of aromatic nitrogens is 2. The van der Waals surface area contributed by atoms with E-state index in [4.69, 9.17) is 4.74 Å². The second-order valence-electron chi connectivity index (χ2n) is 4.10. The van der Waals surface area contributed by atoms with E-state index in [1.54, 1.807) is 6.20 Å². The molecule has 0 amide bonds. The zero-order valence-electron chi connectivity index (χ0n) is 9.26. The molecule has 4 heteroatoms. The summed E-state index contributed by atoms with van der Waals surface area (Å²) in [4.78, 5) is 4.16. The molecule has 2 unspecified atom stereocenters. The summed E-state index contributed by atoms with van der Waals surface area (Å²) in [5.41, 5.74) is 0. The van der Waals surface area contributed by atoms with Gasteiger partial charge in [-0.1, -0.05) is 0 Å². The first kappa shape index (κ1) is 10.6. The number of imidazole rings is 1. The monoisotopic (exact) mass is 210 g/mol. The number of nitrogens with zero attached hydrogens (tertiary/aromatic N) is 2. The minimum absolute atomic E-state index is 0.0869. The zero-order chi connectivity index (χ0) is 10.8. The lowest BCUT2D eigenvalue weighted by Crippen LogP contribution is -2.26. The highest BCUT2D eigenvalue weighted by molar-refractivity contribution is 5.01. The third kappa shape index (κ3) is 2.21. The van der Waals surface area contributed by atoms with Crippen LogP contribution in [0.15, 0.2) is 12.4 Å². The van der Waals surface area contributed by atoms with Crippen LogP contribution < -0.4 is 0 Å². The number of hydrogen-bond acceptors (Lipinski definition) is 3. The van der Waals surface area contributed by atoms with Gasteiger partial charge in [0.15, 0.2) is 0 Å². The number of aliphatic hydroxyl groups is 1.